The Morgan fingerprint density at radius 2 is 1.72 bits per heavy atom. The topological polar surface area (TPSA) is 48.4 Å². The van der Waals surface area contributed by atoms with Gasteiger partial charge in [0.05, 0.1) is 23.9 Å². The van der Waals surface area contributed by atoms with Crippen LogP contribution in [0.2, 0.25) is 0 Å². The fourth-order valence-electron chi connectivity index (χ4n) is 2.34. The van der Waals surface area contributed by atoms with Crippen LogP contribution < -0.4 is 4.74 Å². The van der Waals surface area contributed by atoms with Gasteiger partial charge >= 0.3 is 12.3 Å². The van der Waals surface area contributed by atoms with Gasteiger partial charge < -0.3 is 9.47 Å². The summed E-state index contributed by atoms with van der Waals surface area (Å²) in [7, 11) is 1.18. The van der Waals surface area contributed by atoms with Crippen molar-refractivity contribution in [3.05, 3.63) is 60.2 Å². The Hall–Kier alpha value is -3.09. The van der Waals surface area contributed by atoms with Crippen LogP contribution in [0.4, 0.5) is 18.0 Å². The summed E-state index contributed by atoms with van der Waals surface area (Å²) >= 11 is 0. The van der Waals surface area contributed by atoms with Crippen molar-refractivity contribution in [3.63, 3.8) is 0 Å². The van der Waals surface area contributed by atoms with Gasteiger partial charge in [0.25, 0.3) is 0 Å². The summed E-state index contributed by atoms with van der Waals surface area (Å²) in [5, 5.41) is 0.587. The first-order valence-electron chi connectivity index (χ1n) is 7.21. The number of nitrogens with zero attached hydrogens (tertiary/aromatic N) is 1. The molecular formula is C18H12F3NO3. The first-order chi connectivity index (χ1) is 11.9. The highest BCUT2D eigenvalue weighted by Gasteiger charge is 2.30. The number of ether oxygens (including phenoxy) is 2. The summed E-state index contributed by atoms with van der Waals surface area (Å²) < 4.78 is 47.7. The Kier molecular flexibility index (Phi) is 4.31. The molecule has 3 rings (SSSR count). The molecule has 4 nitrogen and oxygen atoms in total. The molecule has 0 bridgehead atoms. The Morgan fingerprint density at radius 1 is 1.04 bits per heavy atom. The van der Waals surface area contributed by atoms with Gasteiger partial charge in [-0.15, -0.1) is 0 Å². The largest absolute Gasteiger partial charge is 0.513 e. The molecule has 0 saturated heterocycles. The fraction of sp³-hybridized carbons (Fsp3) is 0.111. The third-order valence-corrected chi connectivity index (χ3v) is 3.55. The molecule has 0 aliphatic carbocycles. The maximum absolute atomic E-state index is 12.7. The average molecular weight is 347 g/mol. The van der Waals surface area contributed by atoms with E-state index < -0.39 is 17.9 Å². The van der Waals surface area contributed by atoms with Gasteiger partial charge in [-0.25, -0.2) is 9.78 Å². The Morgan fingerprint density at radius 3 is 2.36 bits per heavy atom. The number of carbonyl (C=O) groups excluding carboxylic acids is 1. The highest BCUT2D eigenvalue weighted by Crippen LogP contribution is 2.33. The zero-order valence-electron chi connectivity index (χ0n) is 13.0. The van der Waals surface area contributed by atoms with E-state index in [1.165, 1.54) is 25.3 Å². The van der Waals surface area contributed by atoms with Crippen LogP contribution in [0.15, 0.2) is 54.6 Å². The number of fused-ring (bicyclic) bond motifs is 1. The number of rotatable bonds is 2. The minimum atomic E-state index is -4.41. The summed E-state index contributed by atoms with van der Waals surface area (Å²) in [6.45, 7) is 0. The van der Waals surface area contributed by atoms with E-state index in [-0.39, 0.29) is 5.75 Å². The molecule has 0 aliphatic heterocycles. The number of halogens is 3. The van der Waals surface area contributed by atoms with E-state index in [4.69, 9.17) is 4.74 Å². The second-order valence-corrected chi connectivity index (χ2v) is 5.15. The Bertz CT molecular complexity index is 921. The lowest BCUT2D eigenvalue weighted by Gasteiger charge is -2.11. The molecule has 128 valence electrons. The lowest BCUT2D eigenvalue weighted by Crippen LogP contribution is -2.08. The molecule has 0 atom stereocenters. The summed E-state index contributed by atoms with van der Waals surface area (Å²) in [5.74, 6) is 0.215. The van der Waals surface area contributed by atoms with E-state index in [0.29, 0.717) is 22.2 Å². The van der Waals surface area contributed by atoms with Crippen LogP contribution in [0.3, 0.4) is 0 Å². The predicted molar refractivity (Wildman–Crippen MR) is 85.2 cm³/mol. The molecule has 0 saturated carbocycles. The monoisotopic (exact) mass is 347 g/mol. The van der Waals surface area contributed by atoms with Gasteiger partial charge in [0, 0.05) is 17.0 Å². The van der Waals surface area contributed by atoms with Crippen molar-refractivity contribution in [2.45, 2.75) is 6.18 Å². The molecule has 25 heavy (non-hydrogen) atoms. The van der Waals surface area contributed by atoms with Crippen molar-refractivity contribution in [3.8, 4) is 17.0 Å². The standard InChI is InChI=1S/C18H12F3NO3/c1-24-17(23)25-16-10-15(22-14-5-3-2-4-13(14)16)11-6-8-12(9-7-11)18(19,20)21/h2-10H,1H3. The maximum Gasteiger partial charge on any atom is 0.513 e. The maximum atomic E-state index is 12.7. The molecular weight excluding hydrogens is 335 g/mol. The summed E-state index contributed by atoms with van der Waals surface area (Å²) in [6, 6.07) is 13.0. The lowest BCUT2D eigenvalue weighted by atomic mass is 10.1. The number of aromatic nitrogens is 1. The number of benzene rings is 2. The zero-order chi connectivity index (χ0) is 18.0. The molecule has 0 radical (unpaired) electrons. The summed E-state index contributed by atoms with van der Waals surface area (Å²) in [5.41, 5.74) is 0.640. The molecule has 0 amide bonds. The molecule has 0 spiro atoms. The van der Waals surface area contributed by atoms with E-state index in [0.717, 1.165) is 12.1 Å². The van der Waals surface area contributed by atoms with Crippen LogP contribution in [-0.2, 0) is 10.9 Å². The Labute approximate surface area is 140 Å². The van der Waals surface area contributed by atoms with Gasteiger partial charge in [0.2, 0.25) is 0 Å². The first kappa shape index (κ1) is 16.8. The minimum absolute atomic E-state index is 0.215. The van der Waals surface area contributed by atoms with Crippen LogP contribution >= 0.6 is 0 Å². The molecule has 0 N–H and O–H groups in total. The third-order valence-electron chi connectivity index (χ3n) is 3.55. The van der Waals surface area contributed by atoms with E-state index in [2.05, 4.69) is 9.72 Å². The average Bonchev–Trinajstić information content (AvgIpc) is 2.61. The second-order valence-electron chi connectivity index (χ2n) is 5.15. The van der Waals surface area contributed by atoms with Crippen molar-refractivity contribution < 1.29 is 27.4 Å². The van der Waals surface area contributed by atoms with Crippen molar-refractivity contribution in [2.24, 2.45) is 0 Å². The number of para-hydroxylation sites is 1. The molecule has 3 aromatic rings. The molecule has 0 aliphatic rings. The lowest BCUT2D eigenvalue weighted by molar-refractivity contribution is -0.137. The highest BCUT2D eigenvalue weighted by molar-refractivity contribution is 5.89. The molecule has 0 fully saturated rings. The fourth-order valence-corrected chi connectivity index (χ4v) is 2.34. The number of alkyl halides is 3. The number of pyridine rings is 1. The SMILES string of the molecule is COC(=O)Oc1cc(-c2ccc(C(F)(F)F)cc2)nc2ccccc12. The van der Waals surface area contributed by atoms with Gasteiger partial charge in [0.15, 0.2) is 0 Å². The van der Waals surface area contributed by atoms with Crippen molar-refractivity contribution in [1.29, 1.82) is 0 Å². The van der Waals surface area contributed by atoms with Gasteiger partial charge in [-0.05, 0) is 24.3 Å². The van der Waals surface area contributed by atoms with E-state index >= 15 is 0 Å². The van der Waals surface area contributed by atoms with E-state index in [1.54, 1.807) is 24.3 Å². The molecule has 0 unspecified atom stereocenters. The third kappa shape index (κ3) is 3.55. The van der Waals surface area contributed by atoms with Crippen molar-refractivity contribution >= 4 is 17.1 Å². The smallest absolute Gasteiger partial charge is 0.437 e. The predicted octanol–water partition coefficient (Wildman–Crippen LogP) is 5.07. The van der Waals surface area contributed by atoms with Crippen LogP contribution in [0.5, 0.6) is 5.75 Å². The number of carbonyl (C=O) groups is 1. The van der Waals surface area contributed by atoms with Crippen LogP contribution in [0.25, 0.3) is 22.2 Å². The second kappa shape index (κ2) is 6.43. The van der Waals surface area contributed by atoms with Crippen LogP contribution in [0, 0.1) is 0 Å². The van der Waals surface area contributed by atoms with Crippen molar-refractivity contribution in [1.82, 2.24) is 4.98 Å². The highest BCUT2D eigenvalue weighted by atomic mass is 19.4. The number of methoxy groups -OCH3 is 1. The van der Waals surface area contributed by atoms with Gasteiger partial charge in [-0.1, -0.05) is 24.3 Å². The van der Waals surface area contributed by atoms with Gasteiger partial charge in [-0.3, -0.25) is 0 Å². The quantitative estimate of drug-likeness (QED) is 0.608. The van der Waals surface area contributed by atoms with E-state index in [1.807, 2.05) is 0 Å². The van der Waals surface area contributed by atoms with Crippen LogP contribution in [0.1, 0.15) is 5.56 Å². The zero-order valence-corrected chi connectivity index (χ0v) is 13.0. The normalized spacial score (nSPS) is 11.4. The summed E-state index contributed by atoms with van der Waals surface area (Å²) in [4.78, 5) is 15.9. The first-order valence-corrected chi connectivity index (χ1v) is 7.21. The Balaban J connectivity index is 2.08. The number of hydrogen-bond acceptors (Lipinski definition) is 4. The van der Waals surface area contributed by atoms with E-state index in [9.17, 15) is 18.0 Å². The number of hydrogen-bond donors (Lipinski definition) is 0. The summed E-state index contributed by atoms with van der Waals surface area (Å²) in [6.07, 6.45) is -5.30. The molecule has 1 heterocycles. The molecule has 2 aromatic carbocycles. The molecule has 7 heteroatoms. The minimum Gasteiger partial charge on any atom is -0.437 e. The molecule has 1 aromatic heterocycles. The van der Waals surface area contributed by atoms with Crippen LogP contribution in [-0.4, -0.2) is 18.2 Å². The van der Waals surface area contributed by atoms with Gasteiger partial charge in [-0.2, -0.15) is 13.2 Å². The van der Waals surface area contributed by atoms with Gasteiger partial charge in [0.1, 0.15) is 5.75 Å². The van der Waals surface area contributed by atoms with Crippen molar-refractivity contribution in [2.75, 3.05) is 7.11 Å².